The van der Waals surface area contributed by atoms with Gasteiger partial charge in [-0.05, 0) is 74.6 Å². The van der Waals surface area contributed by atoms with Gasteiger partial charge in [0.25, 0.3) is 15.9 Å². The molecule has 0 aromatic heterocycles. The van der Waals surface area contributed by atoms with E-state index in [9.17, 15) is 17.6 Å². The van der Waals surface area contributed by atoms with Crippen LogP contribution in [0.1, 0.15) is 39.0 Å². The van der Waals surface area contributed by atoms with E-state index < -0.39 is 21.7 Å². The zero-order valence-electron chi connectivity index (χ0n) is 18.3. The lowest BCUT2D eigenvalue weighted by Crippen LogP contribution is -2.35. The Kier molecular flexibility index (Phi) is 5.77. The number of benzene rings is 3. The van der Waals surface area contributed by atoms with E-state index in [0.29, 0.717) is 24.3 Å². The predicted octanol–water partition coefficient (Wildman–Crippen LogP) is 5.14. The van der Waals surface area contributed by atoms with Gasteiger partial charge in [0, 0.05) is 12.2 Å². The van der Waals surface area contributed by atoms with Crippen LogP contribution < -0.4 is 9.62 Å². The number of para-hydroxylation sites is 1. The van der Waals surface area contributed by atoms with Gasteiger partial charge in [-0.15, -0.1) is 0 Å². The number of halogens is 1. The van der Waals surface area contributed by atoms with E-state index in [4.69, 9.17) is 0 Å². The Morgan fingerprint density at radius 1 is 1.00 bits per heavy atom. The van der Waals surface area contributed by atoms with Crippen LogP contribution in [0.3, 0.4) is 0 Å². The fourth-order valence-corrected chi connectivity index (χ4v) is 5.84. The van der Waals surface area contributed by atoms with Gasteiger partial charge in [-0.2, -0.15) is 0 Å². The smallest absolute Gasteiger partial charge is 0.264 e. The van der Waals surface area contributed by atoms with Crippen LogP contribution in [0.5, 0.6) is 0 Å². The van der Waals surface area contributed by atoms with Gasteiger partial charge in [0.1, 0.15) is 5.82 Å². The lowest BCUT2D eigenvalue weighted by Gasteiger charge is -2.30. The first-order chi connectivity index (χ1) is 15.2. The molecule has 0 saturated carbocycles. The first-order valence-electron chi connectivity index (χ1n) is 10.5. The average Bonchev–Trinajstić information content (AvgIpc) is 2.75. The molecule has 0 unspecified atom stereocenters. The molecule has 0 saturated heterocycles. The summed E-state index contributed by atoms with van der Waals surface area (Å²) in [6, 6.07) is 14.6. The number of anilines is 2. The highest BCUT2D eigenvalue weighted by Gasteiger charge is 2.30. The summed E-state index contributed by atoms with van der Waals surface area (Å²) in [6.07, 6.45) is 1.49. The SMILES string of the molecule is Cc1cc(C)c(NC(=O)c2cc(S(=O)(=O)N3CCCc4ccccc43)ccc2F)c(C)c1. The summed E-state index contributed by atoms with van der Waals surface area (Å²) in [5, 5.41) is 2.75. The molecule has 0 radical (unpaired) electrons. The lowest BCUT2D eigenvalue weighted by molar-refractivity contribution is 0.102. The minimum atomic E-state index is -3.96. The molecule has 0 bridgehead atoms. The zero-order chi connectivity index (χ0) is 23.0. The van der Waals surface area contributed by atoms with Gasteiger partial charge >= 0.3 is 0 Å². The van der Waals surface area contributed by atoms with Crippen molar-refractivity contribution in [3.05, 3.63) is 88.2 Å². The Hall–Kier alpha value is -3.19. The van der Waals surface area contributed by atoms with E-state index >= 15 is 0 Å². The van der Waals surface area contributed by atoms with E-state index in [2.05, 4.69) is 5.32 Å². The normalized spacial score (nSPS) is 13.6. The molecular formula is C25H25FN2O3S. The van der Waals surface area contributed by atoms with E-state index in [0.717, 1.165) is 40.8 Å². The molecule has 1 heterocycles. The minimum absolute atomic E-state index is 0.113. The highest BCUT2D eigenvalue weighted by molar-refractivity contribution is 7.92. The van der Waals surface area contributed by atoms with E-state index in [1.165, 1.54) is 10.4 Å². The number of hydrogen-bond donors (Lipinski definition) is 1. The molecule has 0 spiro atoms. The minimum Gasteiger partial charge on any atom is -0.321 e. The number of carbonyl (C=O) groups excluding carboxylic acids is 1. The highest BCUT2D eigenvalue weighted by Crippen LogP contribution is 2.32. The summed E-state index contributed by atoms with van der Waals surface area (Å²) in [5.74, 6) is -1.46. The molecular weight excluding hydrogens is 427 g/mol. The molecule has 5 nitrogen and oxygen atoms in total. The summed E-state index contributed by atoms with van der Waals surface area (Å²) in [7, 11) is -3.96. The van der Waals surface area contributed by atoms with Crippen molar-refractivity contribution in [3.8, 4) is 0 Å². The van der Waals surface area contributed by atoms with Crippen LogP contribution in [0.25, 0.3) is 0 Å². The molecule has 166 valence electrons. The number of fused-ring (bicyclic) bond motifs is 1. The van der Waals surface area contributed by atoms with Gasteiger partial charge in [-0.1, -0.05) is 35.9 Å². The molecule has 3 aromatic carbocycles. The van der Waals surface area contributed by atoms with Crippen LogP contribution in [0, 0.1) is 26.6 Å². The number of amides is 1. The molecule has 1 aliphatic heterocycles. The van der Waals surface area contributed by atoms with Gasteiger partial charge in [0.15, 0.2) is 0 Å². The van der Waals surface area contributed by atoms with Crippen LogP contribution in [0.4, 0.5) is 15.8 Å². The second-order valence-electron chi connectivity index (χ2n) is 8.18. The van der Waals surface area contributed by atoms with Crippen molar-refractivity contribution in [1.82, 2.24) is 0 Å². The third-order valence-corrected chi connectivity index (χ3v) is 7.56. The van der Waals surface area contributed by atoms with Crippen LogP contribution in [-0.2, 0) is 16.4 Å². The Balaban J connectivity index is 1.70. The summed E-state index contributed by atoms with van der Waals surface area (Å²) >= 11 is 0. The molecule has 0 aliphatic carbocycles. The number of carbonyl (C=O) groups is 1. The number of aryl methyl sites for hydroxylation is 4. The number of hydrogen-bond acceptors (Lipinski definition) is 3. The van der Waals surface area contributed by atoms with Crippen molar-refractivity contribution in [3.63, 3.8) is 0 Å². The first kappa shape index (κ1) is 22.0. The quantitative estimate of drug-likeness (QED) is 0.596. The van der Waals surface area contributed by atoms with Crippen molar-refractivity contribution in [2.45, 2.75) is 38.5 Å². The van der Waals surface area contributed by atoms with Crippen LogP contribution >= 0.6 is 0 Å². The topological polar surface area (TPSA) is 66.5 Å². The molecule has 1 amide bonds. The van der Waals surface area contributed by atoms with E-state index in [1.54, 1.807) is 12.1 Å². The van der Waals surface area contributed by atoms with Gasteiger partial charge < -0.3 is 5.32 Å². The fraction of sp³-hybridized carbons (Fsp3) is 0.240. The zero-order valence-corrected chi connectivity index (χ0v) is 19.1. The summed E-state index contributed by atoms with van der Waals surface area (Å²) in [6.45, 7) is 6.01. The highest BCUT2D eigenvalue weighted by atomic mass is 32.2. The van der Waals surface area contributed by atoms with Crippen molar-refractivity contribution in [1.29, 1.82) is 0 Å². The second-order valence-corrected chi connectivity index (χ2v) is 10.0. The number of nitrogens with zero attached hydrogens (tertiary/aromatic N) is 1. The van der Waals surface area contributed by atoms with Gasteiger partial charge in [0.2, 0.25) is 0 Å². The fourth-order valence-electron chi connectivity index (χ4n) is 4.27. The van der Waals surface area contributed by atoms with E-state index in [1.807, 2.05) is 45.0 Å². The molecule has 32 heavy (non-hydrogen) atoms. The Morgan fingerprint density at radius 3 is 2.41 bits per heavy atom. The number of rotatable bonds is 4. The Bertz CT molecular complexity index is 1300. The third-order valence-electron chi connectivity index (χ3n) is 5.75. The van der Waals surface area contributed by atoms with Crippen molar-refractivity contribution in [2.75, 3.05) is 16.2 Å². The largest absolute Gasteiger partial charge is 0.321 e. The third kappa shape index (κ3) is 4.00. The maximum atomic E-state index is 14.6. The maximum absolute atomic E-state index is 14.6. The molecule has 3 aromatic rings. The predicted molar refractivity (Wildman–Crippen MR) is 124 cm³/mol. The van der Waals surface area contributed by atoms with Crippen molar-refractivity contribution in [2.24, 2.45) is 0 Å². The molecule has 0 fully saturated rings. The monoisotopic (exact) mass is 452 g/mol. The molecule has 1 N–H and O–H groups in total. The first-order valence-corrected chi connectivity index (χ1v) is 11.9. The maximum Gasteiger partial charge on any atom is 0.264 e. The van der Waals surface area contributed by atoms with Gasteiger partial charge in [-0.3, -0.25) is 9.10 Å². The second kappa shape index (κ2) is 8.39. The Morgan fingerprint density at radius 2 is 1.69 bits per heavy atom. The lowest BCUT2D eigenvalue weighted by atomic mass is 10.0. The van der Waals surface area contributed by atoms with Crippen molar-refractivity contribution < 1.29 is 17.6 Å². The summed E-state index contributed by atoms with van der Waals surface area (Å²) in [5.41, 5.74) is 4.62. The average molecular weight is 453 g/mol. The summed E-state index contributed by atoms with van der Waals surface area (Å²) < 4.78 is 42.8. The van der Waals surface area contributed by atoms with Crippen LogP contribution in [0.2, 0.25) is 0 Å². The molecule has 0 atom stereocenters. The standard InChI is InChI=1S/C25H25FN2O3S/c1-16-13-17(2)24(18(3)14-16)27-25(29)21-15-20(10-11-22(21)26)32(30,31)28-12-6-8-19-7-4-5-9-23(19)28/h4-5,7,9-11,13-15H,6,8,12H2,1-3H3,(H,27,29). The van der Waals surface area contributed by atoms with Crippen molar-refractivity contribution >= 4 is 27.3 Å². The van der Waals surface area contributed by atoms with Gasteiger partial charge in [0.05, 0.1) is 16.1 Å². The van der Waals surface area contributed by atoms with Crippen LogP contribution in [-0.4, -0.2) is 20.9 Å². The molecule has 4 rings (SSSR count). The molecule has 7 heteroatoms. The Labute approximate surface area is 187 Å². The number of nitrogens with one attached hydrogen (secondary N) is 1. The van der Waals surface area contributed by atoms with Crippen LogP contribution in [0.15, 0.2) is 59.5 Å². The van der Waals surface area contributed by atoms with Gasteiger partial charge in [-0.25, -0.2) is 12.8 Å². The van der Waals surface area contributed by atoms with E-state index in [-0.39, 0.29) is 10.5 Å². The summed E-state index contributed by atoms with van der Waals surface area (Å²) in [4.78, 5) is 12.8. The molecule has 1 aliphatic rings. The number of sulfonamides is 1.